The summed E-state index contributed by atoms with van der Waals surface area (Å²) >= 11 is 0. The van der Waals surface area contributed by atoms with E-state index in [1.807, 2.05) is 26.0 Å². The average Bonchev–Trinajstić information content (AvgIpc) is 3.51. The first-order chi connectivity index (χ1) is 19.5. The first kappa shape index (κ1) is 26.5. The Kier molecular flexibility index (Phi) is 5.94. The van der Waals surface area contributed by atoms with Gasteiger partial charge in [0.15, 0.2) is 12.0 Å². The number of rotatable bonds is 5. The van der Waals surface area contributed by atoms with Crippen molar-refractivity contribution in [3.05, 3.63) is 65.2 Å². The number of hydrogen-bond donors (Lipinski definition) is 7. The van der Waals surface area contributed by atoms with Gasteiger partial charge in [0.1, 0.15) is 18.6 Å². The molecule has 0 aromatic heterocycles. The molecule has 41 heavy (non-hydrogen) atoms. The van der Waals surface area contributed by atoms with E-state index < -0.39 is 47.4 Å². The Morgan fingerprint density at radius 1 is 1.15 bits per heavy atom. The number of hydrogen-bond acceptors (Lipinski definition) is 10. The zero-order valence-corrected chi connectivity index (χ0v) is 22.5. The average molecular weight is 563 g/mol. The highest BCUT2D eigenvalue weighted by atomic mass is 16.5. The highest BCUT2D eigenvalue weighted by molar-refractivity contribution is 6.12. The van der Waals surface area contributed by atoms with Crippen LogP contribution in [0.2, 0.25) is 0 Å². The van der Waals surface area contributed by atoms with Gasteiger partial charge < -0.3 is 21.3 Å². The van der Waals surface area contributed by atoms with Crippen LogP contribution >= 0.6 is 0 Å². The molecule has 14 heteroatoms. The van der Waals surface area contributed by atoms with Gasteiger partial charge in [-0.05, 0) is 43.2 Å². The Bertz CT molecular complexity index is 1510. The number of carbonyl (C=O) groups excluding carboxylic acids is 3. The van der Waals surface area contributed by atoms with Crippen molar-refractivity contribution in [2.24, 2.45) is 16.5 Å². The number of amides is 4. The maximum atomic E-state index is 13.3. The molecule has 14 nitrogen and oxygen atoms in total. The Morgan fingerprint density at radius 2 is 1.88 bits per heavy atom. The highest BCUT2D eigenvalue weighted by Crippen LogP contribution is 2.41. The molecule has 4 heterocycles. The smallest absolute Gasteiger partial charge is 0.343 e. The molecule has 0 aliphatic carbocycles. The summed E-state index contributed by atoms with van der Waals surface area (Å²) in [6, 6.07) is 10.5. The summed E-state index contributed by atoms with van der Waals surface area (Å²) in [6.45, 7) is 3.25. The number of carbonyl (C=O) groups is 3. The summed E-state index contributed by atoms with van der Waals surface area (Å²) in [5, 5.41) is 29.1. The molecule has 214 valence electrons. The van der Waals surface area contributed by atoms with Crippen LogP contribution < -0.4 is 32.0 Å². The van der Waals surface area contributed by atoms with Crippen LogP contribution in [0.1, 0.15) is 21.5 Å². The molecule has 2 aromatic carbocycles. The number of imide groups is 1. The van der Waals surface area contributed by atoms with Crippen LogP contribution in [0.5, 0.6) is 0 Å². The van der Waals surface area contributed by atoms with Gasteiger partial charge in [-0.25, -0.2) is 15.1 Å². The lowest BCUT2D eigenvalue weighted by molar-refractivity contribution is -0.521. The van der Waals surface area contributed by atoms with E-state index in [-0.39, 0.29) is 31.6 Å². The molecule has 0 saturated carbocycles. The van der Waals surface area contributed by atoms with E-state index in [1.54, 1.807) is 36.4 Å². The van der Waals surface area contributed by atoms with Crippen LogP contribution in [-0.2, 0) is 4.79 Å². The van der Waals surface area contributed by atoms with E-state index in [4.69, 9.17) is 11.5 Å². The molecule has 2 saturated heterocycles. The van der Waals surface area contributed by atoms with Crippen molar-refractivity contribution in [3.8, 4) is 0 Å². The number of urea groups is 1. The summed E-state index contributed by atoms with van der Waals surface area (Å²) in [6.07, 6.45) is 0. The number of aryl methyl sites for hydroxylation is 1. The number of para-hydroxylation sites is 1. The summed E-state index contributed by atoms with van der Waals surface area (Å²) in [5.74, 6) is -3.58. The fraction of sp³-hybridized carbons (Fsp3) is 0.370. The largest absolute Gasteiger partial charge is 0.370 e. The Morgan fingerprint density at radius 3 is 2.61 bits per heavy atom. The summed E-state index contributed by atoms with van der Waals surface area (Å²) in [7, 11) is 0. The zero-order valence-electron chi connectivity index (χ0n) is 22.5. The predicted molar refractivity (Wildman–Crippen MR) is 147 cm³/mol. The topological polar surface area (TPSA) is 204 Å². The fourth-order valence-corrected chi connectivity index (χ4v) is 6.27. The SMILES string of the molecule is Cc1cccc(C(=O)N[C@H]2CN3C(N)=N[C@@H](CN4C(=O)CN(c5ccccc5)C4=O)[C@@H]4[NH+]=C(N)N[C@@]43C2(O)O)c1C. The quantitative estimate of drug-likeness (QED) is 0.143. The number of aliphatic imine (C=N–C) groups is 1. The minimum absolute atomic E-state index is 0.0221. The lowest BCUT2D eigenvalue weighted by Crippen LogP contribution is -2.90. The highest BCUT2D eigenvalue weighted by Gasteiger charge is 2.76. The van der Waals surface area contributed by atoms with Crippen molar-refractivity contribution < 1.29 is 29.6 Å². The maximum absolute atomic E-state index is 13.3. The molecule has 4 atom stereocenters. The van der Waals surface area contributed by atoms with Crippen molar-refractivity contribution in [1.82, 2.24) is 20.4 Å². The third-order valence-electron chi connectivity index (χ3n) is 8.53. The minimum Gasteiger partial charge on any atom is -0.370 e. The minimum atomic E-state index is -2.62. The van der Waals surface area contributed by atoms with Crippen LogP contribution in [-0.4, -0.2) is 99.0 Å². The number of nitrogens with one attached hydrogen (secondary N) is 3. The lowest BCUT2D eigenvalue weighted by Gasteiger charge is -2.46. The van der Waals surface area contributed by atoms with Crippen molar-refractivity contribution in [2.75, 3.05) is 24.5 Å². The Balaban J connectivity index is 1.29. The third kappa shape index (κ3) is 3.82. The molecule has 6 rings (SSSR count). The number of nitrogens with zero attached hydrogens (tertiary/aromatic N) is 4. The first-order valence-electron chi connectivity index (χ1n) is 13.2. The molecule has 4 aliphatic rings. The molecule has 9 N–H and O–H groups in total. The van der Waals surface area contributed by atoms with Gasteiger partial charge in [-0.1, -0.05) is 30.3 Å². The second-order valence-electron chi connectivity index (χ2n) is 10.8. The van der Waals surface area contributed by atoms with E-state index in [2.05, 4.69) is 20.6 Å². The fourth-order valence-electron chi connectivity index (χ4n) is 6.27. The van der Waals surface area contributed by atoms with Gasteiger partial charge in [0.05, 0.1) is 13.1 Å². The van der Waals surface area contributed by atoms with E-state index in [9.17, 15) is 24.6 Å². The van der Waals surface area contributed by atoms with E-state index >= 15 is 0 Å². The molecular formula is C27H32N9O5+. The number of nitrogens with two attached hydrogens (primary N) is 2. The van der Waals surface area contributed by atoms with Crippen molar-refractivity contribution in [1.29, 1.82) is 0 Å². The van der Waals surface area contributed by atoms with Crippen LogP contribution in [0.3, 0.4) is 0 Å². The second kappa shape index (κ2) is 9.17. The second-order valence-corrected chi connectivity index (χ2v) is 10.8. The molecule has 0 bridgehead atoms. The van der Waals surface area contributed by atoms with Gasteiger partial charge >= 0.3 is 12.0 Å². The molecule has 0 unspecified atom stereocenters. The third-order valence-corrected chi connectivity index (χ3v) is 8.53. The summed E-state index contributed by atoms with van der Waals surface area (Å²) in [5.41, 5.74) is 13.4. The number of aliphatic hydroxyl groups is 2. The monoisotopic (exact) mass is 562 g/mol. The molecular weight excluding hydrogens is 530 g/mol. The maximum Gasteiger partial charge on any atom is 0.343 e. The molecule has 2 aromatic rings. The van der Waals surface area contributed by atoms with Gasteiger partial charge in [-0.15, -0.1) is 0 Å². The number of benzene rings is 2. The van der Waals surface area contributed by atoms with Crippen molar-refractivity contribution in [3.63, 3.8) is 0 Å². The van der Waals surface area contributed by atoms with Crippen LogP contribution in [0.4, 0.5) is 10.5 Å². The van der Waals surface area contributed by atoms with Gasteiger partial charge in [0.25, 0.3) is 17.5 Å². The molecule has 0 radical (unpaired) electrons. The van der Waals surface area contributed by atoms with Gasteiger partial charge in [-0.2, -0.15) is 0 Å². The van der Waals surface area contributed by atoms with Crippen LogP contribution in [0.25, 0.3) is 0 Å². The summed E-state index contributed by atoms with van der Waals surface area (Å²) in [4.78, 5) is 50.9. The predicted octanol–water partition coefficient (Wildman–Crippen LogP) is -3.37. The molecule has 2 fully saturated rings. The number of anilines is 1. The lowest BCUT2D eigenvalue weighted by atomic mass is 9.84. The molecule has 4 amide bonds. The summed E-state index contributed by atoms with van der Waals surface area (Å²) < 4.78 is 0. The normalized spacial score (nSPS) is 28.2. The Labute approximate surface area is 235 Å². The standard InChI is InChI=1S/C27H31N9O5/c1-14-7-6-10-17(15(14)2)22(38)31-19-12-36-24(29)30-18(21-26(36,27(19,40)41)33-23(28)32-21)11-35-20(37)13-34(25(35)39)16-8-4-3-5-9-16/h3-10,18-19,21,40-41H,11-13H2,1-2H3,(H2,29,30)(H,31,38)(H3,28,32,33)/p+1/t18-,19-,21-,26-/m0/s1. The number of guanidine groups is 2. The zero-order chi connectivity index (χ0) is 29.3. The first-order valence-corrected chi connectivity index (χ1v) is 13.2. The van der Waals surface area contributed by atoms with E-state index in [0.29, 0.717) is 11.3 Å². The van der Waals surface area contributed by atoms with Gasteiger partial charge in [-0.3, -0.25) is 35.0 Å². The Hall–Kier alpha value is -4.69. The van der Waals surface area contributed by atoms with Gasteiger partial charge in [0.2, 0.25) is 5.79 Å². The van der Waals surface area contributed by atoms with Gasteiger partial charge in [0, 0.05) is 11.3 Å². The van der Waals surface area contributed by atoms with Crippen LogP contribution in [0.15, 0.2) is 53.5 Å². The van der Waals surface area contributed by atoms with Crippen LogP contribution in [0, 0.1) is 13.8 Å². The van der Waals surface area contributed by atoms with E-state index in [0.717, 1.165) is 16.0 Å². The van der Waals surface area contributed by atoms with E-state index in [1.165, 1.54) is 9.80 Å². The molecule has 1 spiro atoms. The van der Waals surface area contributed by atoms with Crippen molar-refractivity contribution >= 4 is 35.5 Å². The van der Waals surface area contributed by atoms with Crippen molar-refractivity contribution in [2.45, 2.75) is 43.4 Å². The molecule has 4 aliphatic heterocycles.